The first kappa shape index (κ1) is 23.8. The molecule has 2 fully saturated rings. The summed E-state index contributed by atoms with van der Waals surface area (Å²) in [6.07, 6.45) is 2.09. The minimum absolute atomic E-state index is 0.247. The normalized spacial score (nSPS) is 23.8. The maximum Gasteiger partial charge on any atom is 0.416 e. The number of rotatable bonds is 8. The molecule has 1 aliphatic heterocycles. The zero-order valence-electron chi connectivity index (χ0n) is 18.8. The number of halogens is 3. The van der Waals surface area contributed by atoms with Crippen molar-refractivity contribution in [1.29, 1.82) is 0 Å². The van der Waals surface area contributed by atoms with Crippen molar-refractivity contribution < 1.29 is 13.2 Å². The van der Waals surface area contributed by atoms with Crippen molar-refractivity contribution in [1.82, 2.24) is 19.7 Å². The summed E-state index contributed by atoms with van der Waals surface area (Å²) in [5.41, 5.74) is 7.11. The molecule has 0 bridgehead atoms. The fourth-order valence-corrected chi connectivity index (χ4v) is 5.64. The minimum atomic E-state index is -4.28. The number of hydrogen-bond donors (Lipinski definition) is 1. The van der Waals surface area contributed by atoms with Gasteiger partial charge in [0, 0.05) is 38.8 Å². The maximum atomic E-state index is 12.8. The molecule has 1 aromatic heterocycles. The van der Waals surface area contributed by atoms with E-state index in [4.69, 9.17) is 5.73 Å². The van der Waals surface area contributed by atoms with E-state index in [1.165, 1.54) is 18.3 Å². The van der Waals surface area contributed by atoms with E-state index in [1.54, 1.807) is 37.2 Å². The molecule has 178 valence electrons. The van der Waals surface area contributed by atoms with Gasteiger partial charge in [0.1, 0.15) is 0 Å². The van der Waals surface area contributed by atoms with Crippen LogP contribution in [0.4, 0.5) is 13.2 Å². The highest BCUT2D eigenvalue weighted by Gasteiger charge is 2.57. The minimum Gasteiger partial charge on any atom is -0.404 e. The molecule has 1 aromatic carbocycles. The molecule has 4 rings (SSSR count). The molecule has 0 amide bonds. The third-order valence-electron chi connectivity index (χ3n) is 6.69. The third-order valence-corrected chi connectivity index (χ3v) is 7.79. The molecule has 2 aromatic rings. The molecule has 1 saturated heterocycles. The summed E-state index contributed by atoms with van der Waals surface area (Å²) >= 11 is 1.67. The number of alkyl halides is 3. The maximum absolute atomic E-state index is 12.8. The SMILES string of the molecule is CN=CC(=CN)c1nnc(SCCCN2CC[C@]3(C[C@@H]3c3ccc(C(F)(F)F)cc3)C2)n1C. The van der Waals surface area contributed by atoms with Gasteiger partial charge in [0.05, 0.1) is 11.1 Å². The Labute approximate surface area is 196 Å². The van der Waals surface area contributed by atoms with Crippen molar-refractivity contribution in [3.63, 3.8) is 0 Å². The highest BCUT2D eigenvalue weighted by atomic mass is 32.2. The highest BCUT2D eigenvalue weighted by molar-refractivity contribution is 7.99. The first-order valence-corrected chi connectivity index (χ1v) is 12.0. The van der Waals surface area contributed by atoms with E-state index < -0.39 is 11.7 Å². The van der Waals surface area contributed by atoms with Crippen LogP contribution >= 0.6 is 11.8 Å². The van der Waals surface area contributed by atoms with E-state index in [0.29, 0.717) is 11.7 Å². The van der Waals surface area contributed by atoms with Gasteiger partial charge in [0.15, 0.2) is 11.0 Å². The molecule has 1 saturated carbocycles. The van der Waals surface area contributed by atoms with Crippen LogP contribution in [0, 0.1) is 5.41 Å². The Kier molecular flexibility index (Phi) is 6.86. The van der Waals surface area contributed by atoms with Crippen LogP contribution in [0.25, 0.3) is 5.57 Å². The van der Waals surface area contributed by atoms with Crippen molar-refractivity contribution in [3.05, 3.63) is 47.4 Å². The molecule has 2 aliphatic rings. The molecule has 0 unspecified atom stereocenters. The first-order valence-electron chi connectivity index (χ1n) is 11.0. The average molecular weight is 479 g/mol. The molecule has 1 spiro atoms. The zero-order chi connectivity index (χ0) is 23.6. The summed E-state index contributed by atoms with van der Waals surface area (Å²) in [5, 5.41) is 9.34. The number of nitrogens with zero attached hydrogens (tertiary/aromatic N) is 5. The molecular formula is C23H29F3N6S. The van der Waals surface area contributed by atoms with Gasteiger partial charge in [-0.3, -0.25) is 4.99 Å². The Bertz CT molecular complexity index is 1030. The van der Waals surface area contributed by atoms with E-state index in [-0.39, 0.29) is 5.41 Å². The summed E-state index contributed by atoms with van der Waals surface area (Å²) in [6.45, 7) is 3.09. The van der Waals surface area contributed by atoms with Crippen LogP contribution in [0.15, 0.2) is 40.6 Å². The fraction of sp³-hybridized carbons (Fsp3) is 0.522. The van der Waals surface area contributed by atoms with Crippen LogP contribution in [0.5, 0.6) is 0 Å². The van der Waals surface area contributed by atoms with Crippen LogP contribution in [0.1, 0.15) is 42.1 Å². The van der Waals surface area contributed by atoms with Crippen molar-refractivity contribution in [3.8, 4) is 0 Å². The van der Waals surface area contributed by atoms with Gasteiger partial charge >= 0.3 is 6.18 Å². The lowest BCUT2D eigenvalue weighted by atomic mass is 9.97. The van der Waals surface area contributed by atoms with Crippen molar-refractivity contribution in [2.24, 2.45) is 23.2 Å². The average Bonchev–Trinajstić information content (AvgIpc) is 3.14. The van der Waals surface area contributed by atoms with E-state index in [1.807, 2.05) is 11.6 Å². The topological polar surface area (TPSA) is 72.3 Å². The number of aromatic nitrogens is 3. The molecule has 0 radical (unpaired) electrons. The second kappa shape index (κ2) is 9.50. The Morgan fingerprint density at radius 2 is 2.06 bits per heavy atom. The number of aliphatic imine (C=N–C) groups is 1. The summed E-state index contributed by atoms with van der Waals surface area (Å²) < 4.78 is 40.4. The van der Waals surface area contributed by atoms with Crippen molar-refractivity contribution >= 4 is 23.5 Å². The van der Waals surface area contributed by atoms with Gasteiger partial charge in [-0.2, -0.15) is 13.2 Å². The lowest BCUT2D eigenvalue weighted by Crippen LogP contribution is -2.23. The van der Waals surface area contributed by atoms with Crippen molar-refractivity contribution in [2.75, 3.05) is 32.4 Å². The van der Waals surface area contributed by atoms with Gasteiger partial charge in [-0.05, 0) is 61.4 Å². The molecule has 2 heterocycles. The largest absolute Gasteiger partial charge is 0.416 e. The lowest BCUT2D eigenvalue weighted by Gasteiger charge is -2.16. The summed E-state index contributed by atoms with van der Waals surface area (Å²) in [6, 6.07) is 5.75. The van der Waals surface area contributed by atoms with Crippen LogP contribution in [0.2, 0.25) is 0 Å². The number of allylic oxidation sites excluding steroid dienone is 1. The Hall–Kier alpha value is -2.33. The molecule has 33 heavy (non-hydrogen) atoms. The van der Waals surface area contributed by atoms with Crippen LogP contribution in [0.3, 0.4) is 0 Å². The Morgan fingerprint density at radius 3 is 2.73 bits per heavy atom. The van der Waals surface area contributed by atoms with Crippen LogP contribution in [-0.2, 0) is 13.2 Å². The molecule has 6 nitrogen and oxygen atoms in total. The third kappa shape index (κ3) is 5.11. The van der Waals surface area contributed by atoms with E-state index >= 15 is 0 Å². The number of thioether (sulfide) groups is 1. The number of likely N-dealkylation sites (tertiary alicyclic amines) is 1. The van der Waals surface area contributed by atoms with Crippen molar-refractivity contribution in [2.45, 2.75) is 36.5 Å². The van der Waals surface area contributed by atoms with Gasteiger partial charge in [-0.1, -0.05) is 23.9 Å². The predicted molar refractivity (Wildman–Crippen MR) is 125 cm³/mol. The number of hydrogen-bond acceptors (Lipinski definition) is 6. The number of benzene rings is 1. The Balaban J connectivity index is 1.23. The summed E-state index contributed by atoms with van der Waals surface area (Å²) in [5.74, 6) is 2.00. The van der Waals surface area contributed by atoms with Crippen LogP contribution in [-0.4, -0.2) is 58.3 Å². The van der Waals surface area contributed by atoms with Gasteiger partial charge in [0.2, 0.25) is 0 Å². The molecule has 2 atom stereocenters. The molecule has 10 heteroatoms. The Morgan fingerprint density at radius 1 is 1.30 bits per heavy atom. The molecule has 1 aliphatic carbocycles. The summed E-state index contributed by atoms with van der Waals surface area (Å²) in [4.78, 5) is 6.48. The predicted octanol–water partition coefficient (Wildman–Crippen LogP) is 4.20. The smallest absolute Gasteiger partial charge is 0.404 e. The fourth-order valence-electron chi connectivity index (χ4n) is 4.81. The first-order chi connectivity index (χ1) is 15.8. The van der Waals surface area contributed by atoms with E-state index in [9.17, 15) is 13.2 Å². The standard InChI is InChI=1S/C23H29F3N6S/c1-28-14-17(13-27)20-29-30-21(31(20)2)33-11-3-9-32-10-8-22(15-32)12-19(22)16-4-6-18(7-5-16)23(24,25)26/h4-7,13-14,19H,3,8-12,15,27H2,1-2H3/t19-,22+/m1/s1. The lowest BCUT2D eigenvalue weighted by molar-refractivity contribution is -0.137. The second-order valence-electron chi connectivity index (χ2n) is 8.84. The zero-order valence-corrected chi connectivity index (χ0v) is 19.7. The van der Waals surface area contributed by atoms with Gasteiger partial charge in [-0.15, -0.1) is 10.2 Å². The van der Waals surface area contributed by atoms with Gasteiger partial charge < -0.3 is 15.2 Å². The highest BCUT2D eigenvalue weighted by Crippen LogP contribution is 2.64. The second-order valence-corrected chi connectivity index (χ2v) is 9.90. The van der Waals surface area contributed by atoms with Gasteiger partial charge in [0.25, 0.3) is 0 Å². The monoisotopic (exact) mass is 478 g/mol. The summed E-state index contributed by atoms with van der Waals surface area (Å²) in [7, 11) is 3.61. The van der Waals surface area contributed by atoms with Crippen LogP contribution < -0.4 is 5.73 Å². The van der Waals surface area contributed by atoms with E-state index in [0.717, 1.165) is 60.9 Å². The number of nitrogens with two attached hydrogens (primary N) is 1. The van der Waals surface area contributed by atoms with Gasteiger partial charge in [-0.25, -0.2) is 0 Å². The molecule has 2 N–H and O–H groups in total. The van der Waals surface area contributed by atoms with E-state index in [2.05, 4.69) is 20.1 Å². The molecular weight excluding hydrogens is 449 g/mol. The quantitative estimate of drug-likeness (QED) is 0.350.